The fourth-order valence-electron chi connectivity index (χ4n) is 1.76. The quantitative estimate of drug-likeness (QED) is 0.908. The van der Waals surface area contributed by atoms with Crippen molar-refractivity contribution in [2.75, 3.05) is 12.4 Å². The van der Waals surface area contributed by atoms with Gasteiger partial charge in [0.1, 0.15) is 0 Å². The van der Waals surface area contributed by atoms with Crippen molar-refractivity contribution in [3.8, 4) is 0 Å². The second-order valence-electron chi connectivity index (χ2n) is 4.97. The van der Waals surface area contributed by atoms with Crippen molar-refractivity contribution >= 4 is 38.3 Å². The van der Waals surface area contributed by atoms with Crippen molar-refractivity contribution in [1.82, 2.24) is 5.32 Å². The maximum Gasteiger partial charge on any atom is 0.244 e. The van der Waals surface area contributed by atoms with Crippen molar-refractivity contribution < 1.29 is 4.79 Å². The number of likely N-dealkylation sites (N-methyl/N-ethyl adjacent to an activating group) is 1. The highest BCUT2D eigenvalue weighted by Gasteiger charge is 2.25. The standard InChI is InChI=1S/C15H17BrN2O/c1-15(2,17-3)14(19)18-13-9-8-12(16)10-6-4-5-7-11(10)13/h4-9,17H,1-3H3,(H,18,19). The van der Waals surface area contributed by atoms with Crippen LogP contribution in [0.5, 0.6) is 0 Å². The van der Waals surface area contributed by atoms with E-state index in [4.69, 9.17) is 0 Å². The molecule has 0 atom stereocenters. The third kappa shape index (κ3) is 2.80. The molecule has 0 aromatic heterocycles. The minimum atomic E-state index is -0.603. The number of carbonyl (C=O) groups excluding carboxylic acids is 1. The number of fused-ring (bicyclic) bond motifs is 1. The van der Waals surface area contributed by atoms with Crippen LogP contribution in [0.1, 0.15) is 13.8 Å². The summed E-state index contributed by atoms with van der Waals surface area (Å²) in [5, 5.41) is 8.09. The molecule has 0 radical (unpaired) electrons. The Hall–Kier alpha value is -1.39. The first kappa shape index (κ1) is 14.0. The molecular weight excluding hydrogens is 304 g/mol. The van der Waals surface area contributed by atoms with Gasteiger partial charge in [-0.3, -0.25) is 4.79 Å². The van der Waals surface area contributed by atoms with Gasteiger partial charge in [-0.05, 0) is 38.4 Å². The third-order valence-corrected chi connectivity index (χ3v) is 4.00. The van der Waals surface area contributed by atoms with E-state index >= 15 is 0 Å². The van der Waals surface area contributed by atoms with Crippen molar-refractivity contribution in [1.29, 1.82) is 0 Å². The Bertz CT molecular complexity index is 623. The van der Waals surface area contributed by atoms with E-state index in [1.165, 1.54) is 0 Å². The topological polar surface area (TPSA) is 41.1 Å². The molecule has 100 valence electrons. The first-order chi connectivity index (χ1) is 8.95. The highest BCUT2D eigenvalue weighted by atomic mass is 79.9. The SMILES string of the molecule is CNC(C)(C)C(=O)Nc1ccc(Br)c2ccccc12. The molecule has 0 heterocycles. The molecule has 19 heavy (non-hydrogen) atoms. The summed E-state index contributed by atoms with van der Waals surface area (Å²) in [7, 11) is 1.78. The van der Waals surface area contributed by atoms with Crippen LogP contribution in [0.4, 0.5) is 5.69 Å². The van der Waals surface area contributed by atoms with Gasteiger partial charge in [0.2, 0.25) is 5.91 Å². The molecule has 2 N–H and O–H groups in total. The summed E-state index contributed by atoms with van der Waals surface area (Å²) in [5.74, 6) is -0.0533. The summed E-state index contributed by atoms with van der Waals surface area (Å²) in [4.78, 5) is 12.2. The van der Waals surface area contributed by atoms with Gasteiger partial charge in [-0.15, -0.1) is 0 Å². The monoisotopic (exact) mass is 320 g/mol. The van der Waals surface area contributed by atoms with E-state index in [0.717, 1.165) is 20.9 Å². The summed E-state index contributed by atoms with van der Waals surface area (Å²) in [5.41, 5.74) is 0.223. The highest BCUT2D eigenvalue weighted by Crippen LogP contribution is 2.30. The van der Waals surface area contributed by atoms with Gasteiger partial charge < -0.3 is 10.6 Å². The van der Waals surface area contributed by atoms with Crippen molar-refractivity contribution in [3.63, 3.8) is 0 Å². The molecule has 0 saturated carbocycles. The van der Waals surface area contributed by atoms with E-state index in [2.05, 4.69) is 26.6 Å². The zero-order chi connectivity index (χ0) is 14.0. The molecule has 2 rings (SSSR count). The molecule has 0 aliphatic carbocycles. The number of rotatable bonds is 3. The van der Waals surface area contributed by atoms with Gasteiger partial charge in [-0.2, -0.15) is 0 Å². The lowest BCUT2D eigenvalue weighted by Crippen LogP contribution is -2.47. The Balaban J connectivity index is 2.42. The molecule has 4 heteroatoms. The molecule has 2 aromatic carbocycles. The third-order valence-electron chi connectivity index (χ3n) is 3.31. The molecule has 0 saturated heterocycles. The molecule has 1 amide bonds. The first-order valence-corrected chi connectivity index (χ1v) is 6.92. The maximum atomic E-state index is 12.2. The molecule has 2 aromatic rings. The molecule has 0 bridgehead atoms. The molecule has 0 fully saturated rings. The van der Waals surface area contributed by atoms with E-state index in [9.17, 15) is 4.79 Å². The molecule has 0 aliphatic rings. The predicted octanol–water partition coefficient (Wildman–Crippen LogP) is 3.54. The summed E-state index contributed by atoms with van der Waals surface area (Å²) in [6, 6.07) is 11.8. The average Bonchev–Trinajstić information content (AvgIpc) is 2.42. The normalized spacial score (nSPS) is 11.6. The van der Waals surface area contributed by atoms with Crippen LogP contribution >= 0.6 is 15.9 Å². The number of nitrogens with one attached hydrogen (secondary N) is 2. The minimum absolute atomic E-state index is 0.0533. The zero-order valence-corrected chi connectivity index (χ0v) is 12.8. The van der Waals surface area contributed by atoms with Gasteiger partial charge in [0.25, 0.3) is 0 Å². The molecule has 3 nitrogen and oxygen atoms in total. The number of hydrogen-bond acceptors (Lipinski definition) is 2. The fourth-order valence-corrected chi connectivity index (χ4v) is 2.24. The number of carbonyl (C=O) groups is 1. The van der Waals surface area contributed by atoms with E-state index in [1.807, 2.05) is 50.2 Å². The lowest BCUT2D eigenvalue weighted by Gasteiger charge is -2.23. The van der Waals surface area contributed by atoms with Crippen molar-refractivity contribution in [2.24, 2.45) is 0 Å². The molecule has 0 spiro atoms. The largest absolute Gasteiger partial charge is 0.324 e. The second-order valence-corrected chi connectivity index (χ2v) is 5.82. The number of benzene rings is 2. The summed E-state index contributed by atoms with van der Waals surface area (Å²) in [6.07, 6.45) is 0. The van der Waals surface area contributed by atoms with Gasteiger partial charge in [0, 0.05) is 15.5 Å². The van der Waals surface area contributed by atoms with Crippen molar-refractivity contribution in [3.05, 3.63) is 40.9 Å². The van der Waals surface area contributed by atoms with Crippen LogP contribution in [0.15, 0.2) is 40.9 Å². The highest BCUT2D eigenvalue weighted by molar-refractivity contribution is 9.10. The van der Waals surface area contributed by atoms with E-state index < -0.39 is 5.54 Å². The summed E-state index contributed by atoms with van der Waals surface area (Å²) < 4.78 is 1.02. The molecular formula is C15H17BrN2O. The predicted molar refractivity (Wildman–Crippen MR) is 83.4 cm³/mol. The zero-order valence-electron chi connectivity index (χ0n) is 11.3. The Morgan fingerprint density at radius 2 is 1.74 bits per heavy atom. The average molecular weight is 321 g/mol. The fraction of sp³-hybridized carbons (Fsp3) is 0.267. The van der Waals surface area contributed by atoms with Crippen LogP contribution < -0.4 is 10.6 Å². The first-order valence-electron chi connectivity index (χ1n) is 6.13. The Labute approximate surface area is 121 Å². The van der Waals surface area contributed by atoms with E-state index in [1.54, 1.807) is 7.05 Å². The van der Waals surface area contributed by atoms with Crippen LogP contribution in [0, 0.1) is 0 Å². The number of anilines is 1. The van der Waals surface area contributed by atoms with Crippen LogP contribution in [0.25, 0.3) is 10.8 Å². The van der Waals surface area contributed by atoms with Gasteiger partial charge in [-0.1, -0.05) is 40.2 Å². The molecule has 0 unspecified atom stereocenters. The Morgan fingerprint density at radius 1 is 1.11 bits per heavy atom. The maximum absolute atomic E-state index is 12.2. The van der Waals surface area contributed by atoms with E-state index in [0.29, 0.717) is 0 Å². The van der Waals surface area contributed by atoms with Crippen molar-refractivity contribution in [2.45, 2.75) is 19.4 Å². The smallest absolute Gasteiger partial charge is 0.244 e. The second kappa shape index (κ2) is 5.31. The lowest BCUT2D eigenvalue weighted by atomic mass is 10.0. The van der Waals surface area contributed by atoms with Crippen LogP contribution in [0.3, 0.4) is 0 Å². The van der Waals surface area contributed by atoms with Gasteiger partial charge in [0.05, 0.1) is 5.54 Å². The summed E-state index contributed by atoms with van der Waals surface area (Å²) in [6.45, 7) is 3.70. The Morgan fingerprint density at radius 3 is 2.37 bits per heavy atom. The van der Waals surface area contributed by atoms with Gasteiger partial charge >= 0.3 is 0 Å². The van der Waals surface area contributed by atoms with Crippen LogP contribution in [0.2, 0.25) is 0 Å². The van der Waals surface area contributed by atoms with Gasteiger partial charge in [0.15, 0.2) is 0 Å². The summed E-state index contributed by atoms with van der Waals surface area (Å²) >= 11 is 3.53. The van der Waals surface area contributed by atoms with E-state index in [-0.39, 0.29) is 5.91 Å². The number of hydrogen-bond donors (Lipinski definition) is 2. The lowest BCUT2D eigenvalue weighted by molar-refractivity contribution is -0.121. The van der Waals surface area contributed by atoms with Gasteiger partial charge in [-0.25, -0.2) is 0 Å². The minimum Gasteiger partial charge on any atom is -0.324 e. The van der Waals surface area contributed by atoms with Crippen LogP contribution in [-0.2, 0) is 4.79 Å². The number of halogens is 1. The number of amides is 1. The Kier molecular flexibility index (Phi) is 3.92. The molecule has 0 aliphatic heterocycles. The van der Waals surface area contributed by atoms with Crippen LogP contribution in [-0.4, -0.2) is 18.5 Å².